The van der Waals surface area contributed by atoms with E-state index in [1.54, 1.807) is 12.1 Å². The molecule has 2 amide bonds. The van der Waals surface area contributed by atoms with Gasteiger partial charge in [0.05, 0.1) is 5.52 Å². The lowest BCUT2D eigenvalue weighted by atomic mass is 10.0. The van der Waals surface area contributed by atoms with Gasteiger partial charge < -0.3 is 5.32 Å². The lowest BCUT2D eigenvalue weighted by molar-refractivity contribution is -0.127. The Hall–Kier alpha value is -4.07. The third-order valence-corrected chi connectivity index (χ3v) is 5.72. The van der Waals surface area contributed by atoms with Crippen LogP contribution in [0.25, 0.3) is 11.0 Å². The van der Waals surface area contributed by atoms with E-state index < -0.39 is 11.9 Å². The van der Waals surface area contributed by atoms with Crippen LogP contribution in [-0.4, -0.2) is 33.4 Å². The number of anilines is 1. The van der Waals surface area contributed by atoms with Gasteiger partial charge in [-0.2, -0.15) is 0 Å². The number of hydrogen-bond acceptors (Lipinski definition) is 4. The zero-order chi connectivity index (χ0) is 24.8. The summed E-state index contributed by atoms with van der Waals surface area (Å²) in [6, 6.07) is 21.1. The molecular formula is C27H28FN5O2. The van der Waals surface area contributed by atoms with Gasteiger partial charge >= 0.3 is 0 Å². The van der Waals surface area contributed by atoms with Crippen LogP contribution in [0.4, 0.5) is 10.1 Å². The summed E-state index contributed by atoms with van der Waals surface area (Å²) in [5.74, 6) is -0.694. The summed E-state index contributed by atoms with van der Waals surface area (Å²) in [5.41, 5.74) is 2.43. The molecule has 0 aliphatic heterocycles. The van der Waals surface area contributed by atoms with Gasteiger partial charge in [0, 0.05) is 12.2 Å². The first-order valence-electron chi connectivity index (χ1n) is 11.6. The Morgan fingerprint density at radius 1 is 0.971 bits per heavy atom. The molecule has 0 unspecified atom stereocenters. The zero-order valence-corrected chi connectivity index (χ0v) is 19.8. The molecule has 1 aromatic heterocycles. The maximum absolute atomic E-state index is 13.8. The second-order valence-corrected chi connectivity index (χ2v) is 8.76. The van der Waals surface area contributed by atoms with E-state index in [0.717, 1.165) is 6.42 Å². The minimum atomic E-state index is -0.948. The highest BCUT2D eigenvalue weighted by Crippen LogP contribution is 2.29. The Balaban J connectivity index is 1.73. The number of para-hydroxylation sites is 1. The Kier molecular flexibility index (Phi) is 7.50. The molecule has 4 aromatic rings. The first-order chi connectivity index (χ1) is 16.9. The average molecular weight is 474 g/mol. The number of hydrogen-bond donors (Lipinski definition) is 1. The van der Waals surface area contributed by atoms with Crippen LogP contribution in [0.5, 0.6) is 0 Å². The maximum Gasteiger partial charge on any atom is 0.249 e. The number of nitrogens with one attached hydrogen (secondary N) is 1. The number of aromatic nitrogens is 3. The molecule has 0 aliphatic rings. The van der Waals surface area contributed by atoms with Gasteiger partial charge in [0.1, 0.15) is 23.9 Å². The van der Waals surface area contributed by atoms with E-state index in [1.807, 2.05) is 42.5 Å². The molecule has 1 heterocycles. The molecule has 0 bridgehead atoms. The highest BCUT2D eigenvalue weighted by atomic mass is 19.1. The second kappa shape index (κ2) is 10.9. The number of benzene rings is 3. The van der Waals surface area contributed by atoms with Crippen molar-refractivity contribution in [3.05, 3.63) is 90.2 Å². The Morgan fingerprint density at radius 2 is 1.66 bits per heavy atom. The highest BCUT2D eigenvalue weighted by molar-refractivity contribution is 6.01. The lowest BCUT2D eigenvalue weighted by Crippen LogP contribution is -2.45. The van der Waals surface area contributed by atoms with Crippen LogP contribution in [0.3, 0.4) is 0 Å². The number of amides is 2. The molecule has 0 radical (unpaired) electrons. The molecule has 0 saturated heterocycles. The van der Waals surface area contributed by atoms with Crippen LogP contribution in [0.1, 0.15) is 31.9 Å². The summed E-state index contributed by atoms with van der Waals surface area (Å²) in [5, 5.41) is 11.2. The van der Waals surface area contributed by atoms with Crippen LogP contribution < -0.4 is 10.2 Å². The number of rotatable bonds is 9. The predicted octanol–water partition coefficient (Wildman–Crippen LogP) is 4.51. The molecule has 180 valence electrons. The van der Waals surface area contributed by atoms with Gasteiger partial charge in [0.15, 0.2) is 0 Å². The van der Waals surface area contributed by atoms with Crippen LogP contribution in [0.15, 0.2) is 78.9 Å². The largest absolute Gasteiger partial charge is 0.354 e. The topological polar surface area (TPSA) is 80.1 Å². The molecule has 3 aromatic carbocycles. The van der Waals surface area contributed by atoms with Gasteiger partial charge in [-0.05, 0) is 54.3 Å². The molecule has 0 fully saturated rings. The number of nitrogens with zero attached hydrogens (tertiary/aromatic N) is 4. The minimum absolute atomic E-state index is 0.138. The molecule has 7 nitrogen and oxygen atoms in total. The third kappa shape index (κ3) is 5.71. The van der Waals surface area contributed by atoms with E-state index in [0.29, 0.717) is 34.7 Å². The fourth-order valence-electron chi connectivity index (χ4n) is 3.91. The van der Waals surface area contributed by atoms with Crippen molar-refractivity contribution >= 4 is 28.5 Å². The molecule has 4 rings (SSSR count). The van der Waals surface area contributed by atoms with Crippen molar-refractivity contribution in [3.63, 3.8) is 0 Å². The monoisotopic (exact) mass is 473 g/mol. The molecule has 1 atom stereocenters. The first kappa shape index (κ1) is 24.1. The van der Waals surface area contributed by atoms with E-state index in [2.05, 4.69) is 29.5 Å². The standard InChI is InChI=1S/C27H28FN5O2/c1-19(2)16-17-29-27(35)26(20-8-4-3-5-9-20)33(22-14-12-21(28)13-15-22)25(34)18-32-24-11-7-6-10-23(24)30-31-32/h3-15,19,26H,16-18H2,1-2H3,(H,29,35)/t26-/m0/s1. The molecule has 0 spiro atoms. The number of fused-ring (bicyclic) bond motifs is 1. The number of halogens is 1. The van der Waals surface area contributed by atoms with Crippen LogP contribution in [0.2, 0.25) is 0 Å². The molecule has 1 N–H and O–H groups in total. The van der Waals surface area contributed by atoms with E-state index >= 15 is 0 Å². The summed E-state index contributed by atoms with van der Waals surface area (Å²) >= 11 is 0. The van der Waals surface area contributed by atoms with E-state index in [4.69, 9.17) is 0 Å². The van der Waals surface area contributed by atoms with E-state index in [9.17, 15) is 14.0 Å². The van der Waals surface area contributed by atoms with Gasteiger partial charge in [0.2, 0.25) is 11.8 Å². The summed E-state index contributed by atoms with van der Waals surface area (Å²) < 4.78 is 15.3. The summed E-state index contributed by atoms with van der Waals surface area (Å²) in [4.78, 5) is 28.7. The smallest absolute Gasteiger partial charge is 0.249 e. The molecule has 35 heavy (non-hydrogen) atoms. The van der Waals surface area contributed by atoms with Crippen LogP contribution >= 0.6 is 0 Å². The van der Waals surface area contributed by atoms with Crippen molar-refractivity contribution in [1.29, 1.82) is 0 Å². The zero-order valence-electron chi connectivity index (χ0n) is 19.8. The quantitative estimate of drug-likeness (QED) is 0.388. The third-order valence-electron chi connectivity index (χ3n) is 5.72. The van der Waals surface area contributed by atoms with Crippen molar-refractivity contribution < 1.29 is 14.0 Å². The number of carbonyl (C=O) groups excluding carboxylic acids is 2. The van der Waals surface area contributed by atoms with Crippen molar-refractivity contribution in [3.8, 4) is 0 Å². The first-order valence-corrected chi connectivity index (χ1v) is 11.6. The van der Waals surface area contributed by atoms with E-state index in [-0.39, 0.29) is 18.4 Å². The summed E-state index contributed by atoms with van der Waals surface area (Å²) in [7, 11) is 0. The molecule has 0 saturated carbocycles. The molecule has 0 aliphatic carbocycles. The van der Waals surface area contributed by atoms with Gasteiger partial charge in [-0.1, -0.05) is 61.5 Å². The molecular weight excluding hydrogens is 445 g/mol. The Morgan fingerprint density at radius 3 is 2.37 bits per heavy atom. The van der Waals surface area contributed by atoms with Gasteiger partial charge in [-0.3, -0.25) is 14.5 Å². The Labute approximate surface area is 203 Å². The lowest BCUT2D eigenvalue weighted by Gasteiger charge is -2.31. The van der Waals surface area contributed by atoms with Crippen LogP contribution in [0, 0.1) is 11.7 Å². The highest BCUT2D eigenvalue weighted by Gasteiger charge is 2.33. The fourth-order valence-corrected chi connectivity index (χ4v) is 3.91. The SMILES string of the molecule is CC(C)CCNC(=O)[C@H](c1ccccc1)N(C(=O)Cn1nnc2ccccc21)c1ccc(F)cc1. The summed E-state index contributed by atoms with van der Waals surface area (Å²) in [6.07, 6.45) is 0.808. The Bertz CT molecular complexity index is 1290. The number of carbonyl (C=O) groups is 2. The van der Waals surface area contributed by atoms with Gasteiger partial charge in [-0.25, -0.2) is 9.07 Å². The molecule has 8 heteroatoms. The maximum atomic E-state index is 13.8. The predicted molar refractivity (Wildman–Crippen MR) is 133 cm³/mol. The van der Waals surface area contributed by atoms with Crippen molar-refractivity contribution in [2.75, 3.05) is 11.4 Å². The van der Waals surface area contributed by atoms with Crippen molar-refractivity contribution in [1.82, 2.24) is 20.3 Å². The second-order valence-electron chi connectivity index (χ2n) is 8.76. The average Bonchev–Trinajstić information content (AvgIpc) is 3.26. The van der Waals surface area contributed by atoms with Gasteiger partial charge in [0.25, 0.3) is 0 Å². The summed E-state index contributed by atoms with van der Waals surface area (Å²) in [6.45, 7) is 4.51. The fraction of sp³-hybridized carbons (Fsp3) is 0.259. The minimum Gasteiger partial charge on any atom is -0.354 e. The van der Waals surface area contributed by atoms with E-state index in [1.165, 1.54) is 33.8 Å². The van der Waals surface area contributed by atoms with Crippen molar-refractivity contribution in [2.45, 2.75) is 32.9 Å². The normalized spacial score (nSPS) is 12.0. The van der Waals surface area contributed by atoms with Gasteiger partial charge in [-0.15, -0.1) is 5.10 Å². The van der Waals surface area contributed by atoms with Crippen molar-refractivity contribution in [2.24, 2.45) is 5.92 Å². The van der Waals surface area contributed by atoms with Crippen LogP contribution in [-0.2, 0) is 16.1 Å².